The number of amides is 3. The number of likely N-dealkylation sites (tertiary alicyclic amines) is 1. The maximum atomic E-state index is 14.6. The van der Waals surface area contributed by atoms with E-state index in [1.54, 1.807) is 51.7 Å². The van der Waals surface area contributed by atoms with Gasteiger partial charge in [0.15, 0.2) is 0 Å². The van der Waals surface area contributed by atoms with Crippen LogP contribution in [-0.4, -0.2) is 81.5 Å². The van der Waals surface area contributed by atoms with Crippen molar-refractivity contribution in [3.05, 3.63) is 54.1 Å². The second-order valence-electron chi connectivity index (χ2n) is 10.8. The summed E-state index contributed by atoms with van der Waals surface area (Å²) < 4.78 is -1.15. The van der Waals surface area contributed by atoms with Crippen molar-refractivity contribution in [1.29, 1.82) is 0 Å². The molecule has 0 saturated carbocycles. The standard InChI is InChI=1S/C29H38ClN3O4S/c1-6-15-31(5)25(35)21-22-26(36)33(17-8-9-18-34)24(29(22)14-13-28(21,4)38-29)27(37)32(16-7-2)23-19(3)11-10-12-20(23)30/h6-7,10-12,21-22,24,34H,1-2,8-9,13-18H2,3-5H3/t21-,22-,24?,28+,29?/m0/s1. The second kappa shape index (κ2) is 11.1. The fourth-order valence-electron chi connectivity index (χ4n) is 6.77. The van der Waals surface area contributed by atoms with Gasteiger partial charge in [0.2, 0.25) is 11.8 Å². The zero-order valence-electron chi connectivity index (χ0n) is 22.5. The van der Waals surface area contributed by atoms with Crippen LogP contribution < -0.4 is 4.90 Å². The lowest BCUT2D eigenvalue weighted by atomic mass is 9.66. The van der Waals surface area contributed by atoms with Crippen LogP contribution in [0.4, 0.5) is 5.69 Å². The monoisotopic (exact) mass is 559 g/mol. The summed E-state index contributed by atoms with van der Waals surface area (Å²) in [5.74, 6) is -1.53. The topological polar surface area (TPSA) is 81.2 Å². The molecule has 38 heavy (non-hydrogen) atoms. The van der Waals surface area contributed by atoms with Gasteiger partial charge >= 0.3 is 0 Å². The number of likely N-dealkylation sites (N-methyl/N-ethyl adjacent to an activating group) is 1. The average molecular weight is 560 g/mol. The normalized spacial score (nSPS) is 29.3. The number of aliphatic hydroxyl groups excluding tert-OH is 1. The van der Waals surface area contributed by atoms with Crippen molar-refractivity contribution in [3.63, 3.8) is 0 Å². The third-order valence-electron chi connectivity index (χ3n) is 8.40. The van der Waals surface area contributed by atoms with Gasteiger partial charge in [0.25, 0.3) is 5.91 Å². The first-order valence-electron chi connectivity index (χ1n) is 13.2. The van der Waals surface area contributed by atoms with E-state index < -0.39 is 27.4 Å². The molecule has 1 N–H and O–H groups in total. The first-order chi connectivity index (χ1) is 18.1. The van der Waals surface area contributed by atoms with E-state index in [0.29, 0.717) is 43.1 Å². The van der Waals surface area contributed by atoms with Crippen molar-refractivity contribution in [1.82, 2.24) is 9.80 Å². The molecule has 5 atom stereocenters. The van der Waals surface area contributed by atoms with Gasteiger partial charge in [-0.1, -0.05) is 35.9 Å². The first kappa shape index (κ1) is 28.7. The number of hydrogen-bond donors (Lipinski definition) is 1. The van der Waals surface area contributed by atoms with Crippen LogP contribution in [0.15, 0.2) is 43.5 Å². The molecule has 3 amide bonds. The molecule has 0 aliphatic carbocycles. The van der Waals surface area contributed by atoms with E-state index >= 15 is 0 Å². The predicted octanol–water partition coefficient (Wildman–Crippen LogP) is 4.07. The highest BCUT2D eigenvalue weighted by Crippen LogP contribution is 2.71. The molecule has 3 aliphatic heterocycles. The van der Waals surface area contributed by atoms with Crippen LogP contribution in [0, 0.1) is 18.8 Å². The van der Waals surface area contributed by atoms with Crippen LogP contribution in [0.25, 0.3) is 0 Å². The third kappa shape index (κ3) is 4.48. The highest BCUT2D eigenvalue weighted by Gasteiger charge is 2.77. The van der Waals surface area contributed by atoms with Crippen molar-refractivity contribution >= 4 is 46.8 Å². The molecule has 3 heterocycles. The number of thioether (sulfide) groups is 1. The van der Waals surface area contributed by atoms with Crippen LogP contribution >= 0.6 is 23.4 Å². The van der Waals surface area contributed by atoms with Gasteiger partial charge in [-0.15, -0.1) is 24.9 Å². The highest BCUT2D eigenvalue weighted by molar-refractivity contribution is 8.02. The minimum atomic E-state index is -0.747. The molecule has 3 fully saturated rings. The molecule has 9 heteroatoms. The molecule has 7 nitrogen and oxygen atoms in total. The number of carbonyl (C=O) groups excluding carboxylic acids is 3. The number of carbonyl (C=O) groups is 3. The number of aryl methyl sites for hydroxylation is 1. The quantitative estimate of drug-likeness (QED) is 0.326. The number of halogens is 1. The molecular weight excluding hydrogens is 522 g/mol. The summed E-state index contributed by atoms with van der Waals surface area (Å²) >= 11 is 8.27. The van der Waals surface area contributed by atoms with E-state index in [2.05, 4.69) is 20.1 Å². The molecular formula is C29H38ClN3O4S. The Morgan fingerprint density at radius 3 is 2.55 bits per heavy atom. The zero-order valence-corrected chi connectivity index (χ0v) is 24.1. The lowest BCUT2D eigenvalue weighted by molar-refractivity contribution is -0.144. The predicted molar refractivity (Wildman–Crippen MR) is 153 cm³/mol. The van der Waals surface area contributed by atoms with E-state index in [4.69, 9.17) is 11.6 Å². The van der Waals surface area contributed by atoms with Crippen molar-refractivity contribution in [3.8, 4) is 0 Å². The van der Waals surface area contributed by atoms with Gasteiger partial charge in [-0.05, 0) is 51.2 Å². The van der Waals surface area contributed by atoms with Crippen molar-refractivity contribution in [2.45, 2.75) is 55.1 Å². The van der Waals surface area contributed by atoms with Gasteiger partial charge < -0.3 is 19.8 Å². The Balaban J connectivity index is 1.82. The van der Waals surface area contributed by atoms with Crippen molar-refractivity contribution in [2.24, 2.45) is 11.8 Å². The van der Waals surface area contributed by atoms with Gasteiger partial charge in [0, 0.05) is 38.0 Å². The fraction of sp³-hybridized carbons (Fsp3) is 0.552. The van der Waals surface area contributed by atoms with Gasteiger partial charge in [-0.2, -0.15) is 0 Å². The lowest BCUT2D eigenvalue weighted by Crippen LogP contribution is -2.55. The Hall–Kier alpha value is -2.29. The summed E-state index contributed by atoms with van der Waals surface area (Å²) in [4.78, 5) is 47.5. The lowest BCUT2D eigenvalue weighted by Gasteiger charge is -2.38. The number of hydrogen-bond acceptors (Lipinski definition) is 5. The molecule has 1 spiro atoms. The second-order valence-corrected chi connectivity index (χ2v) is 13.1. The van der Waals surface area contributed by atoms with E-state index in [-0.39, 0.29) is 30.9 Å². The summed E-state index contributed by atoms with van der Waals surface area (Å²) in [6.07, 6.45) is 5.87. The number of anilines is 1. The number of nitrogens with zero attached hydrogens (tertiary/aromatic N) is 3. The van der Waals surface area contributed by atoms with Gasteiger partial charge in [-0.3, -0.25) is 14.4 Å². The molecule has 0 radical (unpaired) electrons. The maximum absolute atomic E-state index is 14.6. The molecule has 2 unspecified atom stereocenters. The van der Waals surface area contributed by atoms with Crippen molar-refractivity contribution < 1.29 is 19.5 Å². The summed E-state index contributed by atoms with van der Waals surface area (Å²) in [5.41, 5.74) is 1.47. The van der Waals surface area contributed by atoms with E-state index in [1.165, 1.54) is 0 Å². The fourth-order valence-corrected chi connectivity index (χ4v) is 9.44. The van der Waals surface area contributed by atoms with Gasteiger partial charge in [0.05, 0.1) is 27.3 Å². The molecule has 2 bridgehead atoms. The summed E-state index contributed by atoms with van der Waals surface area (Å²) in [5, 5.41) is 9.87. The molecule has 1 aromatic carbocycles. The Kier molecular flexibility index (Phi) is 8.36. The minimum absolute atomic E-state index is 0.0108. The van der Waals surface area contributed by atoms with Crippen LogP contribution in [0.5, 0.6) is 0 Å². The Labute approximate surface area is 234 Å². The molecule has 3 saturated heterocycles. The van der Waals surface area contributed by atoms with E-state index in [0.717, 1.165) is 12.0 Å². The Morgan fingerprint density at radius 2 is 1.92 bits per heavy atom. The maximum Gasteiger partial charge on any atom is 0.251 e. The number of rotatable bonds is 11. The zero-order chi connectivity index (χ0) is 27.8. The highest BCUT2D eigenvalue weighted by atomic mass is 35.5. The van der Waals surface area contributed by atoms with E-state index in [1.807, 2.05) is 19.1 Å². The van der Waals surface area contributed by atoms with Crippen LogP contribution in [-0.2, 0) is 14.4 Å². The summed E-state index contributed by atoms with van der Waals surface area (Å²) in [7, 11) is 1.74. The molecule has 4 rings (SSSR count). The molecule has 206 valence electrons. The molecule has 1 aromatic rings. The van der Waals surface area contributed by atoms with Crippen molar-refractivity contribution in [2.75, 3.05) is 38.2 Å². The molecule has 3 aliphatic rings. The molecule has 0 aromatic heterocycles. The first-order valence-corrected chi connectivity index (χ1v) is 14.4. The number of unbranched alkanes of at least 4 members (excludes halogenated alkanes) is 1. The number of fused-ring (bicyclic) bond motifs is 1. The van der Waals surface area contributed by atoms with E-state index in [9.17, 15) is 19.5 Å². The third-order valence-corrected chi connectivity index (χ3v) is 10.7. The minimum Gasteiger partial charge on any atom is -0.396 e. The average Bonchev–Trinajstić information content (AvgIpc) is 3.43. The number of para-hydroxylation sites is 1. The smallest absolute Gasteiger partial charge is 0.251 e. The van der Waals surface area contributed by atoms with Crippen LogP contribution in [0.3, 0.4) is 0 Å². The Bertz CT molecular complexity index is 1120. The Morgan fingerprint density at radius 1 is 1.21 bits per heavy atom. The summed E-state index contributed by atoms with van der Waals surface area (Å²) in [6, 6.07) is 4.77. The van der Waals surface area contributed by atoms with Crippen LogP contribution in [0.2, 0.25) is 5.02 Å². The van der Waals surface area contributed by atoms with Gasteiger partial charge in [0.1, 0.15) is 6.04 Å². The number of benzene rings is 1. The van der Waals surface area contributed by atoms with Crippen LogP contribution in [0.1, 0.15) is 38.2 Å². The summed E-state index contributed by atoms with van der Waals surface area (Å²) in [6.45, 7) is 12.6. The number of aliphatic hydroxyl groups is 1. The SMILES string of the molecule is C=CCN(C)C(=O)[C@@H]1[C@H]2C(=O)N(CCCCO)C(C(=O)N(CC=C)c3c(C)cccc3Cl)C23CC[C@@]1(C)S3. The van der Waals surface area contributed by atoms with Gasteiger partial charge in [-0.25, -0.2) is 0 Å². The largest absolute Gasteiger partial charge is 0.396 e.